The third-order valence-corrected chi connectivity index (χ3v) is 2.52. The molecular formula is C12H19FN2. The zero-order valence-corrected chi connectivity index (χ0v) is 9.39. The molecule has 0 aromatic heterocycles. The molecule has 1 aromatic carbocycles. The van der Waals surface area contributed by atoms with E-state index in [2.05, 4.69) is 10.6 Å². The Labute approximate surface area is 90.9 Å². The number of halogens is 1. The van der Waals surface area contributed by atoms with Crippen LogP contribution in [-0.2, 0) is 0 Å². The Bertz CT molecular complexity index is 289. The summed E-state index contributed by atoms with van der Waals surface area (Å²) in [6.45, 7) is 0.994. The summed E-state index contributed by atoms with van der Waals surface area (Å²) in [6, 6.07) is 7.04. The Kier molecular flexibility index (Phi) is 5.29. The summed E-state index contributed by atoms with van der Waals surface area (Å²) < 4.78 is 13.0. The summed E-state index contributed by atoms with van der Waals surface area (Å²) in [5.41, 5.74) is 1.02. The first kappa shape index (κ1) is 12.1. The van der Waals surface area contributed by atoms with Crippen molar-refractivity contribution in [3.63, 3.8) is 0 Å². The Morgan fingerprint density at radius 1 is 1.33 bits per heavy atom. The van der Waals surface area contributed by atoms with E-state index >= 15 is 0 Å². The molecule has 0 bridgehead atoms. The van der Waals surface area contributed by atoms with Crippen LogP contribution < -0.4 is 10.6 Å². The Balaban J connectivity index is 2.57. The maximum atomic E-state index is 13.0. The van der Waals surface area contributed by atoms with Crippen LogP contribution in [0.4, 0.5) is 4.39 Å². The molecule has 1 rings (SSSR count). The van der Waals surface area contributed by atoms with Crippen molar-refractivity contribution in [2.24, 2.45) is 0 Å². The Morgan fingerprint density at radius 2 is 2.13 bits per heavy atom. The largest absolute Gasteiger partial charge is 0.320 e. The van der Waals surface area contributed by atoms with E-state index in [1.54, 1.807) is 12.1 Å². The molecule has 0 saturated heterocycles. The van der Waals surface area contributed by atoms with Crippen LogP contribution in [0.25, 0.3) is 0 Å². The van der Waals surface area contributed by atoms with Gasteiger partial charge < -0.3 is 10.6 Å². The SMILES string of the molecule is CNCCCC(NC)c1cccc(F)c1. The smallest absolute Gasteiger partial charge is 0.123 e. The molecule has 15 heavy (non-hydrogen) atoms. The van der Waals surface area contributed by atoms with E-state index in [1.165, 1.54) is 6.07 Å². The Morgan fingerprint density at radius 3 is 2.73 bits per heavy atom. The molecule has 1 atom stereocenters. The van der Waals surface area contributed by atoms with Crippen molar-refractivity contribution < 1.29 is 4.39 Å². The molecule has 84 valence electrons. The van der Waals surface area contributed by atoms with Crippen molar-refractivity contribution in [2.75, 3.05) is 20.6 Å². The van der Waals surface area contributed by atoms with Crippen molar-refractivity contribution >= 4 is 0 Å². The van der Waals surface area contributed by atoms with E-state index in [9.17, 15) is 4.39 Å². The van der Waals surface area contributed by atoms with Crippen molar-refractivity contribution in [1.82, 2.24) is 10.6 Å². The molecule has 0 radical (unpaired) electrons. The lowest BCUT2D eigenvalue weighted by Crippen LogP contribution is -2.18. The zero-order valence-electron chi connectivity index (χ0n) is 9.39. The number of rotatable bonds is 6. The van der Waals surface area contributed by atoms with Crippen LogP contribution in [0.3, 0.4) is 0 Å². The van der Waals surface area contributed by atoms with Gasteiger partial charge in [-0.3, -0.25) is 0 Å². The summed E-state index contributed by atoms with van der Waals surface area (Å²) in [5.74, 6) is -0.165. The topological polar surface area (TPSA) is 24.1 Å². The quantitative estimate of drug-likeness (QED) is 0.702. The van der Waals surface area contributed by atoms with Crippen LogP contribution in [0, 0.1) is 5.82 Å². The van der Waals surface area contributed by atoms with Crippen molar-refractivity contribution in [2.45, 2.75) is 18.9 Å². The Hall–Kier alpha value is -0.930. The molecular weight excluding hydrogens is 191 g/mol. The van der Waals surface area contributed by atoms with Crippen LogP contribution in [0.15, 0.2) is 24.3 Å². The normalized spacial score (nSPS) is 12.7. The first-order valence-electron chi connectivity index (χ1n) is 5.35. The molecule has 2 nitrogen and oxygen atoms in total. The lowest BCUT2D eigenvalue weighted by molar-refractivity contribution is 0.514. The van der Waals surface area contributed by atoms with Crippen LogP contribution in [0.5, 0.6) is 0 Å². The van der Waals surface area contributed by atoms with E-state index in [4.69, 9.17) is 0 Å². The van der Waals surface area contributed by atoms with Crippen molar-refractivity contribution in [3.05, 3.63) is 35.6 Å². The van der Waals surface area contributed by atoms with Gasteiger partial charge >= 0.3 is 0 Å². The van der Waals surface area contributed by atoms with Crippen LogP contribution in [-0.4, -0.2) is 20.6 Å². The van der Waals surface area contributed by atoms with Crippen LogP contribution >= 0.6 is 0 Å². The maximum Gasteiger partial charge on any atom is 0.123 e. The van der Waals surface area contributed by atoms with E-state index < -0.39 is 0 Å². The summed E-state index contributed by atoms with van der Waals surface area (Å²) in [4.78, 5) is 0. The third kappa shape index (κ3) is 3.98. The predicted molar refractivity (Wildman–Crippen MR) is 61.4 cm³/mol. The van der Waals surface area contributed by atoms with E-state index in [-0.39, 0.29) is 11.9 Å². The molecule has 3 heteroatoms. The molecule has 0 aliphatic rings. The molecule has 0 heterocycles. The average Bonchev–Trinajstić information content (AvgIpc) is 2.24. The molecule has 2 N–H and O–H groups in total. The van der Waals surface area contributed by atoms with E-state index in [0.29, 0.717) is 0 Å². The molecule has 0 aliphatic carbocycles. The highest BCUT2D eigenvalue weighted by Gasteiger charge is 2.08. The van der Waals surface area contributed by atoms with Gasteiger partial charge in [0.1, 0.15) is 5.82 Å². The predicted octanol–water partition coefficient (Wildman–Crippen LogP) is 2.09. The fourth-order valence-electron chi connectivity index (χ4n) is 1.68. The lowest BCUT2D eigenvalue weighted by Gasteiger charge is -2.16. The summed E-state index contributed by atoms with van der Waals surface area (Å²) >= 11 is 0. The minimum absolute atomic E-state index is 0.165. The number of benzene rings is 1. The zero-order chi connectivity index (χ0) is 11.1. The fraction of sp³-hybridized carbons (Fsp3) is 0.500. The number of hydrogen-bond donors (Lipinski definition) is 2. The summed E-state index contributed by atoms with van der Waals surface area (Å²) in [7, 11) is 3.85. The van der Waals surface area contributed by atoms with Gasteiger partial charge in [0.15, 0.2) is 0 Å². The molecule has 1 unspecified atom stereocenters. The van der Waals surface area contributed by atoms with Gasteiger partial charge in [-0.25, -0.2) is 4.39 Å². The second kappa shape index (κ2) is 6.53. The van der Waals surface area contributed by atoms with Gasteiger partial charge in [0.2, 0.25) is 0 Å². The van der Waals surface area contributed by atoms with E-state index in [0.717, 1.165) is 24.9 Å². The second-order valence-corrected chi connectivity index (χ2v) is 3.64. The first-order chi connectivity index (χ1) is 7.27. The van der Waals surface area contributed by atoms with E-state index in [1.807, 2.05) is 20.2 Å². The van der Waals surface area contributed by atoms with Crippen molar-refractivity contribution in [3.8, 4) is 0 Å². The molecule has 0 fully saturated rings. The fourth-order valence-corrected chi connectivity index (χ4v) is 1.68. The van der Waals surface area contributed by atoms with Crippen LogP contribution in [0.2, 0.25) is 0 Å². The minimum atomic E-state index is -0.165. The van der Waals surface area contributed by atoms with Gasteiger partial charge in [0, 0.05) is 6.04 Å². The van der Waals surface area contributed by atoms with Gasteiger partial charge in [0.05, 0.1) is 0 Å². The van der Waals surface area contributed by atoms with Gasteiger partial charge in [0.25, 0.3) is 0 Å². The standard InChI is InChI=1S/C12H19FN2/c1-14-8-4-7-12(15-2)10-5-3-6-11(13)9-10/h3,5-6,9,12,14-15H,4,7-8H2,1-2H3. The highest BCUT2D eigenvalue weighted by Crippen LogP contribution is 2.18. The van der Waals surface area contributed by atoms with Gasteiger partial charge in [-0.15, -0.1) is 0 Å². The van der Waals surface area contributed by atoms with Crippen LogP contribution in [0.1, 0.15) is 24.4 Å². The number of hydrogen-bond acceptors (Lipinski definition) is 2. The van der Waals surface area contributed by atoms with Crippen molar-refractivity contribution in [1.29, 1.82) is 0 Å². The first-order valence-corrected chi connectivity index (χ1v) is 5.35. The minimum Gasteiger partial charge on any atom is -0.320 e. The molecule has 0 amide bonds. The highest BCUT2D eigenvalue weighted by molar-refractivity contribution is 5.19. The summed E-state index contributed by atoms with van der Waals surface area (Å²) in [6.07, 6.45) is 2.10. The summed E-state index contributed by atoms with van der Waals surface area (Å²) in [5, 5.41) is 6.32. The third-order valence-electron chi connectivity index (χ3n) is 2.52. The molecule has 0 spiro atoms. The molecule has 0 aliphatic heterocycles. The maximum absolute atomic E-state index is 13.0. The lowest BCUT2D eigenvalue weighted by atomic mass is 10.0. The second-order valence-electron chi connectivity index (χ2n) is 3.64. The molecule has 1 aromatic rings. The number of nitrogens with one attached hydrogen (secondary N) is 2. The highest BCUT2D eigenvalue weighted by atomic mass is 19.1. The monoisotopic (exact) mass is 210 g/mol. The van der Waals surface area contributed by atoms with Gasteiger partial charge in [-0.2, -0.15) is 0 Å². The average molecular weight is 210 g/mol. The van der Waals surface area contributed by atoms with Gasteiger partial charge in [-0.1, -0.05) is 12.1 Å². The van der Waals surface area contributed by atoms with Gasteiger partial charge in [-0.05, 0) is 51.2 Å². The molecule has 0 saturated carbocycles.